The van der Waals surface area contributed by atoms with Gasteiger partial charge in [0.05, 0.1) is 24.8 Å². The van der Waals surface area contributed by atoms with E-state index in [0.717, 1.165) is 12.1 Å². The second-order valence-electron chi connectivity index (χ2n) is 6.30. The number of hydrogen-bond donors (Lipinski definition) is 4. The largest absolute Gasteiger partial charge is 0.416 e. The Labute approximate surface area is 174 Å². The summed E-state index contributed by atoms with van der Waals surface area (Å²) in [7, 11) is 0. The summed E-state index contributed by atoms with van der Waals surface area (Å²) in [5.41, 5.74) is 2.39. The molecule has 0 aliphatic carbocycles. The number of nitrogens with one attached hydrogen (secondary N) is 3. The number of alkyl halides is 3. The van der Waals surface area contributed by atoms with Gasteiger partial charge in [0.2, 0.25) is 0 Å². The van der Waals surface area contributed by atoms with Gasteiger partial charge < -0.3 is 15.4 Å². The Morgan fingerprint density at radius 2 is 2.10 bits per heavy atom. The molecule has 0 saturated heterocycles. The monoisotopic (exact) mass is 436 g/mol. The molecule has 12 heteroatoms. The number of aliphatic hydroxyl groups excluding tert-OH is 1. The van der Waals surface area contributed by atoms with Crippen molar-refractivity contribution in [2.45, 2.75) is 19.1 Å². The Bertz CT molecular complexity index is 1040. The fourth-order valence-electron chi connectivity index (χ4n) is 2.68. The van der Waals surface area contributed by atoms with E-state index in [0.29, 0.717) is 12.2 Å². The molecule has 2 aromatic heterocycles. The number of benzene rings is 1. The zero-order chi connectivity index (χ0) is 22.4. The first-order valence-corrected chi connectivity index (χ1v) is 9.16. The highest BCUT2D eigenvalue weighted by atomic mass is 19.4. The van der Waals surface area contributed by atoms with Crippen LogP contribution in [-0.4, -0.2) is 44.2 Å². The molecule has 0 unspecified atom stereocenters. The van der Waals surface area contributed by atoms with Crippen LogP contribution in [-0.2, 0) is 11.0 Å². The molecule has 0 radical (unpaired) electrons. The van der Waals surface area contributed by atoms with E-state index in [1.165, 1.54) is 30.7 Å². The lowest BCUT2D eigenvalue weighted by atomic mass is 10.0. The molecule has 1 aromatic carbocycles. The molecule has 1 amide bonds. The fourth-order valence-corrected chi connectivity index (χ4v) is 2.68. The maximum absolute atomic E-state index is 12.9. The van der Waals surface area contributed by atoms with Crippen LogP contribution in [0.5, 0.6) is 0 Å². The van der Waals surface area contributed by atoms with Crippen molar-refractivity contribution in [2.24, 2.45) is 0 Å². The Hall–Kier alpha value is -3.51. The summed E-state index contributed by atoms with van der Waals surface area (Å²) in [6.45, 7) is 1.60. The van der Waals surface area contributed by atoms with Crippen LogP contribution in [0.3, 0.4) is 0 Å². The van der Waals surface area contributed by atoms with Crippen LogP contribution in [0.4, 0.5) is 19.1 Å². The molecule has 0 bridgehead atoms. The van der Waals surface area contributed by atoms with Crippen molar-refractivity contribution < 1.29 is 27.9 Å². The highest BCUT2D eigenvalue weighted by Gasteiger charge is 2.31. The van der Waals surface area contributed by atoms with E-state index in [1.54, 1.807) is 6.92 Å². The maximum atomic E-state index is 12.9. The summed E-state index contributed by atoms with van der Waals surface area (Å²) in [6.07, 6.45) is -1.77. The predicted octanol–water partition coefficient (Wildman–Crippen LogP) is 2.71. The molecule has 31 heavy (non-hydrogen) atoms. The average Bonchev–Trinajstić information content (AvgIpc) is 3.26. The molecule has 0 spiro atoms. The third-order valence-corrected chi connectivity index (χ3v) is 4.17. The quantitative estimate of drug-likeness (QED) is 0.400. The van der Waals surface area contributed by atoms with E-state index in [4.69, 9.17) is 4.84 Å². The minimum atomic E-state index is -4.53. The van der Waals surface area contributed by atoms with Crippen LogP contribution in [0.25, 0.3) is 11.4 Å². The number of H-pyrrole nitrogens is 1. The van der Waals surface area contributed by atoms with Gasteiger partial charge in [-0.1, -0.05) is 12.1 Å². The molecule has 9 nitrogen and oxygen atoms in total. The number of rotatable bonds is 8. The Morgan fingerprint density at radius 3 is 2.81 bits per heavy atom. The minimum Gasteiger partial charge on any atom is -0.394 e. The standard InChI is InChI=1S/C19H19F3N6O3/c1-2-31-28-18-25-10-24-16(27-18)12-7-14(23-8-12)17(30)26-15(9-29)11-4-3-5-13(6-11)19(20,21)22/h3-8,10,15,23,29H,2,9H2,1H3,(H,26,30)(H,24,25,27,28)/t15-/m1/s1. The average molecular weight is 436 g/mol. The lowest BCUT2D eigenvalue weighted by Gasteiger charge is -2.18. The second-order valence-corrected chi connectivity index (χ2v) is 6.30. The van der Waals surface area contributed by atoms with Gasteiger partial charge in [-0.05, 0) is 30.7 Å². The number of aromatic amines is 1. The summed E-state index contributed by atoms with van der Waals surface area (Å²) >= 11 is 0. The number of aromatic nitrogens is 4. The van der Waals surface area contributed by atoms with E-state index >= 15 is 0 Å². The Kier molecular flexibility index (Phi) is 6.82. The van der Waals surface area contributed by atoms with Gasteiger partial charge in [0.15, 0.2) is 5.82 Å². The number of carbonyl (C=O) groups is 1. The molecule has 0 aliphatic heterocycles. The Morgan fingerprint density at radius 1 is 1.29 bits per heavy atom. The van der Waals surface area contributed by atoms with Gasteiger partial charge in [0.1, 0.15) is 12.0 Å². The van der Waals surface area contributed by atoms with Gasteiger partial charge in [-0.15, -0.1) is 0 Å². The van der Waals surface area contributed by atoms with Crippen molar-refractivity contribution in [3.63, 3.8) is 0 Å². The van der Waals surface area contributed by atoms with Gasteiger partial charge >= 0.3 is 6.18 Å². The number of hydrogen-bond acceptors (Lipinski definition) is 7. The van der Waals surface area contributed by atoms with Crippen molar-refractivity contribution in [2.75, 3.05) is 18.7 Å². The van der Waals surface area contributed by atoms with E-state index in [1.807, 2.05) is 0 Å². The first-order chi connectivity index (χ1) is 14.8. The lowest BCUT2D eigenvalue weighted by molar-refractivity contribution is -0.137. The van der Waals surface area contributed by atoms with Crippen molar-refractivity contribution in [3.8, 4) is 11.4 Å². The van der Waals surface area contributed by atoms with E-state index < -0.39 is 30.3 Å². The van der Waals surface area contributed by atoms with Crippen molar-refractivity contribution in [1.82, 2.24) is 25.3 Å². The SMILES string of the molecule is CCONc1ncnc(-c2c[nH]c(C(=O)N[C@H](CO)c3cccc(C(F)(F)F)c3)c2)n1. The summed E-state index contributed by atoms with van der Waals surface area (Å²) in [4.78, 5) is 32.4. The highest BCUT2D eigenvalue weighted by Crippen LogP contribution is 2.30. The molecule has 0 fully saturated rings. The van der Waals surface area contributed by atoms with E-state index in [-0.39, 0.29) is 23.0 Å². The van der Waals surface area contributed by atoms with Gasteiger partial charge in [-0.25, -0.2) is 10.5 Å². The van der Waals surface area contributed by atoms with Gasteiger partial charge in [-0.2, -0.15) is 23.1 Å². The zero-order valence-electron chi connectivity index (χ0n) is 16.3. The summed E-state index contributed by atoms with van der Waals surface area (Å²) in [6, 6.07) is 4.86. The van der Waals surface area contributed by atoms with Gasteiger partial charge in [0.25, 0.3) is 11.9 Å². The molecule has 2 heterocycles. The van der Waals surface area contributed by atoms with Crippen LogP contribution in [0.2, 0.25) is 0 Å². The van der Waals surface area contributed by atoms with E-state index in [9.17, 15) is 23.1 Å². The third-order valence-electron chi connectivity index (χ3n) is 4.17. The normalized spacial score (nSPS) is 12.4. The molecular weight excluding hydrogens is 417 g/mol. The lowest BCUT2D eigenvalue weighted by Crippen LogP contribution is -2.31. The zero-order valence-corrected chi connectivity index (χ0v) is 16.3. The van der Waals surface area contributed by atoms with Gasteiger partial charge in [-0.3, -0.25) is 9.63 Å². The number of halogens is 3. The molecule has 0 saturated carbocycles. The topological polar surface area (TPSA) is 125 Å². The van der Waals surface area contributed by atoms with Gasteiger partial charge in [0, 0.05) is 11.8 Å². The number of aliphatic hydroxyl groups is 1. The number of amides is 1. The van der Waals surface area contributed by atoms with Crippen LogP contribution in [0.15, 0.2) is 42.9 Å². The fraction of sp³-hybridized carbons (Fsp3) is 0.263. The van der Waals surface area contributed by atoms with Crippen molar-refractivity contribution >= 4 is 11.9 Å². The Balaban J connectivity index is 1.75. The molecule has 164 valence electrons. The molecule has 4 N–H and O–H groups in total. The molecule has 1 atom stereocenters. The first-order valence-electron chi connectivity index (χ1n) is 9.16. The number of anilines is 1. The molecule has 3 aromatic rings. The third kappa shape index (κ3) is 5.55. The number of carbonyl (C=O) groups excluding carboxylic acids is 1. The number of nitrogens with zero attached hydrogens (tertiary/aromatic N) is 3. The van der Waals surface area contributed by atoms with Crippen LogP contribution < -0.4 is 10.8 Å². The summed E-state index contributed by atoms with van der Waals surface area (Å²) in [5, 5.41) is 12.1. The minimum absolute atomic E-state index is 0.111. The van der Waals surface area contributed by atoms with E-state index in [2.05, 4.69) is 30.7 Å². The van der Waals surface area contributed by atoms with Crippen molar-refractivity contribution in [1.29, 1.82) is 0 Å². The summed E-state index contributed by atoms with van der Waals surface area (Å²) < 4.78 is 38.8. The molecular formula is C19H19F3N6O3. The maximum Gasteiger partial charge on any atom is 0.416 e. The second kappa shape index (κ2) is 9.53. The van der Waals surface area contributed by atoms with Crippen LogP contribution in [0, 0.1) is 0 Å². The molecule has 0 aliphatic rings. The van der Waals surface area contributed by atoms with Crippen LogP contribution >= 0.6 is 0 Å². The first kappa shape index (κ1) is 22.2. The highest BCUT2D eigenvalue weighted by molar-refractivity contribution is 5.94. The van der Waals surface area contributed by atoms with Crippen LogP contribution in [0.1, 0.15) is 34.6 Å². The molecule has 3 rings (SSSR count). The smallest absolute Gasteiger partial charge is 0.394 e. The predicted molar refractivity (Wildman–Crippen MR) is 104 cm³/mol. The van der Waals surface area contributed by atoms with Crippen molar-refractivity contribution in [3.05, 3.63) is 59.7 Å². The summed E-state index contributed by atoms with van der Waals surface area (Å²) in [5.74, 6) is -0.169.